The molecule has 0 radical (unpaired) electrons. The van der Waals surface area contributed by atoms with Gasteiger partial charge in [0.05, 0.1) is 5.56 Å². The van der Waals surface area contributed by atoms with Crippen molar-refractivity contribution in [2.24, 2.45) is 0 Å². The molecule has 0 spiro atoms. The number of halogens is 1. The molecule has 1 heterocycles. The highest BCUT2D eigenvalue weighted by molar-refractivity contribution is 8.00. The molecule has 0 unspecified atom stereocenters. The monoisotopic (exact) mass is 286 g/mol. The van der Waals surface area contributed by atoms with Gasteiger partial charge in [0.2, 0.25) is 0 Å². The summed E-state index contributed by atoms with van der Waals surface area (Å²) in [5.41, 5.74) is 2.74. The van der Waals surface area contributed by atoms with Gasteiger partial charge in [-0.3, -0.25) is 0 Å². The minimum Gasteiger partial charge on any atom is -0.478 e. The van der Waals surface area contributed by atoms with Crippen molar-refractivity contribution in [2.75, 3.05) is 0 Å². The standard InChI is InChI=1S/C10H7ClN2O2S2/c11-8-3-6(9(14)15)1-2-7(8)4-16-10-13-12-5-17-10/h1-3,5H,4H2,(H,14,15). The van der Waals surface area contributed by atoms with Crippen molar-refractivity contribution in [2.45, 2.75) is 10.1 Å². The van der Waals surface area contributed by atoms with E-state index in [0.29, 0.717) is 10.8 Å². The van der Waals surface area contributed by atoms with Gasteiger partial charge in [-0.2, -0.15) is 0 Å². The Hall–Kier alpha value is -1.11. The Balaban J connectivity index is 2.09. The third-order valence-corrected chi connectivity index (χ3v) is 4.25. The van der Waals surface area contributed by atoms with Gasteiger partial charge in [0.1, 0.15) is 5.51 Å². The second-order valence-corrected chi connectivity index (χ2v) is 5.57. The third-order valence-electron chi connectivity index (χ3n) is 1.99. The molecule has 4 nitrogen and oxygen atoms in total. The largest absolute Gasteiger partial charge is 0.478 e. The van der Waals surface area contributed by atoms with Crippen molar-refractivity contribution in [3.63, 3.8) is 0 Å². The van der Waals surface area contributed by atoms with Gasteiger partial charge in [0.15, 0.2) is 4.34 Å². The molecule has 0 saturated carbocycles. The number of carboxylic acids is 1. The first kappa shape index (κ1) is 12.3. The molecule has 0 aliphatic heterocycles. The van der Waals surface area contributed by atoms with Crippen LogP contribution in [-0.2, 0) is 5.75 Å². The fourth-order valence-electron chi connectivity index (χ4n) is 1.16. The summed E-state index contributed by atoms with van der Waals surface area (Å²) in [6.45, 7) is 0. The van der Waals surface area contributed by atoms with Crippen molar-refractivity contribution >= 4 is 40.7 Å². The lowest BCUT2D eigenvalue weighted by Gasteiger charge is -2.03. The number of benzene rings is 1. The molecule has 2 aromatic rings. The average Bonchev–Trinajstić information content (AvgIpc) is 2.80. The topological polar surface area (TPSA) is 63.1 Å². The molecule has 1 N–H and O–H groups in total. The van der Waals surface area contributed by atoms with Gasteiger partial charge in [-0.05, 0) is 17.7 Å². The lowest BCUT2D eigenvalue weighted by Crippen LogP contribution is -1.96. The maximum Gasteiger partial charge on any atom is 0.335 e. The highest BCUT2D eigenvalue weighted by Gasteiger charge is 2.08. The predicted molar refractivity (Wildman–Crippen MR) is 67.9 cm³/mol. The van der Waals surface area contributed by atoms with Gasteiger partial charge in [-0.1, -0.05) is 40.8 Å². The Labute approximate surface area is 111 Å². The Morgan fingerprint density at radius 3 is 2.94 bits per heavy atom. The predicted octanol–water partition coefficient (Wildman–Crippen LogP) is 3.18. The van der Waals surface area contributed by atoms with Crippen molar-refractivity contribution in [1.29, 1.82) is 0 Å². The van der Waals surface area contributed by atoms with E-state index in [-0.39, 0.29) is 5.56 Å². The quantitative estimate of drug-likeness (QED) is 0.875. The van der Waals surface area contributed by atoms with Gasteiger partial charge in [-0.25, -0.2) is 4.79 Å². The molecule has 0 fully saturated rings. The van der Waals surface area contributed by atoms with Crippen LogP contribution in [0.5, 0.6) is 0 Å². The summed E-state index contributed by atoms with van der Waals surface area (Å²) >= 11 is 8.99. The van der Waals surface area contributed by atoms with E-state index in [1.807, 2.05) is 0 Å². The number of carboxylic acid groups (broad SMARTS) is 1. The van der Waals surface area contributed by atoms with Crippen LogP contribution >= 0.6 is 34.7 Å². The van der Waals surface area contributed by atoms with E-state index >= 15 is 0 Å². The van der Waals surface area contributed by atoms with Crippen LogP contribution in [-0.4, -0.2) is 21.3 Å². The number of aromatic carboxylic acids is 1. The van der Waals surface area contributed by atoms with Crippen LogP contribution in [0, 0.1) is 0 Å². The number of rotatable bonds is 4. The van der Waals surface area contributed by atoms with Crippen LogP contribution in [0.1, 0.15) is 15.9 Å². The molecule has 0 bridgehead atoms. The van der Waals surface area contributed by atoms with E-state index in [0.717, 1.165) is 9.90 Å². The first-order valence-corrected chi connectivity index (χ1v) is 6.82. The maximum atomic E-state index is 10.7. The molecule has 0 aliphatic carbocycles. The minimum atomic E-state index is -0.977. The van der Waals surface area contributed by atoms with Gasteiger partial charge in [0, 0.05) is 10.8 Å². The first-order chi connectivity index (χ1) is 8.16. The molecule has 1 aromatic heterocycles. The summed E-state index contributed by atoms with van der Waals surface area (Å²) in [6, 6.07) is 4.73. The molecule has 0 amide bonds. The minimum absolute atomic E-state index is 0.194. The second-order valence-electron chi connectivity index (χ2n) is 3.10. The van der Waals surface area contributed by atoms with Gasteiger partial charge < -0.3 is 5.11 Å². The van der Waals surface area contributed by atoms with Gasteiger partial charge in [0.25, 0.3) is 0 Å². The molecule has 17 heavy (non-hydrogen) atoms. The number of aromatic nitrogens is 2. The molecular weight excluding hydrogens is 280 g/mol. The lowest BCUT2D eigenvalue weighted by atomic mass is 10.1. The van der Waals surface area contributed by atoms with E-state index in [2.05, 4.69) is 10.2 Å². The van der Waals surface area contributed by atoms with E-state index in [1.165, 1.54) is 29.2 Å². The van der Waals surface area contributed by atoms with Crippen LogP contribution in [0.15, 0.2) is 28.0 Å². The molecule has 0 saturated heterocycles. The summed E-state index contributed by atoms with van der Waals surface area (Å²) in [4.78, 5) is 10.7. The van der Waals surface area contributed by atoms with E-state index in [9.17, 15) is 4.79 Å². The van der Waals surface area contributed by atoms with Gasteiger partial charge in [-0.15, -0.1) is 10.2 Å². The normalized spacial score (nSPS) is 10.4. The zero-order chi connectivity index (χ0) is 12.3. The average molecular weight is 287 g/mol. The molecule has 2 rings (SSSR count). The Kier molecular flexibility index (Phi) is 3.98. The van der Waals surface area contributed by atoms with E-state index in [4.69, 9.17) is 16.7 Å². The highest BCUT2D eigenvalue weighted by atomic mass is 35.5. The number of hydrogen-bond donors (Lipinski definition) is 1. The van der Waals surface area contributed by atoms with E-state index in [1.54, 1.807) is 17.6 Å². The summed E-state index contributed by atoms with van der Waals surface area (Å²) in [5, 5.41) is 16.9. The molecule has 1 aromatic carbocycles. The number of hydrogen-bond acceptors (Lipinski definition) is 5. The van der Waals surface area contributed by atoms with Crippen molar-refractivity contribution in [3.8, 4) is 0 Å². The lowest BCUT2D eigenvalue weighted by molar-refractivity contribution is 0.0697. The van der Waals surface area contributed by atoms with Crippen molar-refractivity contribution in [1.82, 2.24) is 10.2 Å². The summed E-state index contributed by atoms with van der Waals surface area (Å²) in [7, 11) is 0. The molecule has 7 heteroatoms. The number of nitrogens with zero attached hydrogens (tertiary/aromatic N) is 2. The van der Waals surface area contributed by atoms with Crippen LogP contribution < -0.4 is 0 Å². The van der Waals surface area contributed by atoms with Crippen LogP contribution in [0.3, 0.4) is 0 Å². The summed E-state index contributed by atoms with van der Waals surface area (Å²) in [5.74, 6) is -0.330. The smallest absolute Gasteiger partial charge is 0.335 e. The maximum absolute atomic E-state index is 10.7. The van der Waals surface area contributed by atoms with Crippen molar-refractivity contribution < 1.29 is 9.90 Å². The first-order valence-electron chi connectivity index (χ1n) is 4.57. The Morgan fingerprint density at radius 1 is 1.53 bits per heavy atom. The second kappa shape index (κ2) is 5.48. The Bertz CT molecular complexity index is 531. The van der Waals surface area contributed by atoms with E-state index < -0.39 is 5.97 Å². The molecule has 0 atom stereocenters. The van der Waals surface area contributed by atoms with Crippen molar-refractivity contribution in [3.05, 3.63) is 39.9 Å². The fourth-order valence-corrected chi connectivity index (χ4v) is 2.98. The zero-order valence-electron chi connectivity index (χ0n) is 8.46. The van der Waals surface area contributed by atoms with Crippen LogP contribution in [0.2, 0.25) is 5.02 Å². The fraction of sp³-hybridized carbons (Fsp3) is 0.100. The Morgan fingerprint density at radius 2 is 2.35 bits per heavy atom. The molecule has 88 valence electrons. The number of thioether (sulfide) groups is 1. The zero-order valence-corrected chi connectivity index (χ0v) is 10.8. The third kappa shape index (κ3) is 3.18. The SMILES string of the molecule is O=C(O)c1ccc(CSc2nncs2)c(Cl)c1. The van der Waals surface area contributed by atoms with Crippen LogP contribution in [0.25, 0.3) is 0 Å². The molecular formula is C10H7ClN2O2S2. The highest BCUT2D eigenvalue weighted by Crippen LogP contribution is 2.27. The van der Waals surface area contributed by atoms with Gasteiger partial charge >= 0.3 is 5.97 Å². The summed E-state index contributed by atoms with van der Waals surface area (Å²) < 4.78 is 0.864. The molecule has 0 aliphatic rings. The number of carbonyl (C=O) groups is 1. The summed E-state index contributed by atoms with van der Waals surface area (Å²) in [6.07, 6.45) is 0. The van der Waals surface area contributed by atoms with Crippen LogP contribution in [0.4, 0.5) is 0 Å².